The van der Waals surface area contributed by atoms with E-state index < -0.39 is 25.4 Å². The molecule has 0 spiro atoms. The minimum atomic E-state index is -3.51. The summed E-state index contributed by atoms with van der Waals surface area (Å²) in [5.41, 5.74) is 0.0205. The molecule has 0 unspecified atom stereocenters. The zero-order valence-electron chi connectivity index (χ0n) is 11.7. The number of rotatable bonds is 8. The lowest BCUT2D eigenvalue weighted by Gasteiger charge is -2.16. The molecule has 0 aliphatic heterocycles. The first-order chi connectivity index (χ1) is 9.45. The molecular formula is C13H18FO5P. The second kappa shape index (κ2) is 7.53. The molecule has 0 radical (unpaired) electrons. The van der Waals surface area contributed by atoms with Gasteiger partial charge in [-0.1, -0.05) is 0 Å². The van der Waals surface area contributed by atoms with Crippen LogP contribution in [0.25, 0.3) is 0 Å². The molecule has 0 N–H and O–H groups in total. The molecule has 0 aromatic heterocycles. The molecule has 5 nitrogen and oxygen atoms in total. The van der Waals surface area contributed by atoms with E-state index in [1.165, 1.54) is 19.2 Å². The Bertz CT molecular complexity index is 507. The Morgan fingerprint density at radius 1 is 1.25 bits per heavy atom. The first-order valence-corrected chi connectivity index (χ1v) is 7.93. The molecule has 0 saturated carbocycles. The van der Waals surface area contributed by atoms with Crippen LogP contribution in [0.15, 0.2) is 18.2 Å². The lowest BCUT2D eigenvalue weighted by Crippen LogP contribution is -2.11. The number of carbonyl (C=O) groups is 1. The molecule has 0 aliphatic rings. The van der Waals surface area contributed by atoms with Crippen LogP contribution in [0.3, 0.4) is 0 Å². The predicted octanol–water partition coefficient (Wildman–Crippen LogP) is 3.28. The summed E-state index contributed by atoms with van der Waals surface area (Å²) in [5, 5.41) is 0. The fourth-order valence-corrected chi connectivity index (χ4v) is 3.25. The van der Waals surface area contributed by atoms with Crippen LogP contribution in [0.1, 0.15) is 24.2 Å². The lowest BCUT2D eigenvalue weighted by molar-refractivity contribution is 0.100. The van der Waals surface area contributed by atoms with Crippen LogP contribution in [-0.2, 0) is 13.6 Å². The summed E-state index contributed by atoms with van der Waals surface area (Å²) in [6, 6.07) is 3.57. The second-order valence-corrected chi connectivity index (χ2v) is 5.93. The minimum Gasteiger partial charge on any atom is -0.496 e. The first-order valence-electron chi connectivity index (χ1n) is 6.20. The molecule has 0 amide bonds. The quantitative estimate of drug-likeness (QED) is 0.545. The van der Waals surface area contributed by atoms with Crippen molar-refractivity contribution in [3.05, 3.63) is 29.6 Å². The fraction of sp³-hybridized carbons (Fsp3) is 0.462. The number of ether oxygens (including phenoxy) is 1. The molecule has 0 bridgehead atoms. The molecule has 1 aromatic rings. The Kier molecular flexibility index (Phi) is 6.33. The summed E-state index contributed by atoms with van der Waals surface area (Å²) in [5.74, 6) is -0.903. The van der Waals surface area contributed by atoms with Crippen LogP contribution in [0.5, 0.6) is 5.75 Å². The number of hydrogen-bond acceptors (Lipinski definition) is 5. The maximum Gasteiger partial charge on any atom is 0.338 e. The highest BCUT2D eigenvalue weighted by atomic mass is 31.2. The van der Waals surface area contributed by atoms with Gasteiger partial charge in [-0.3, -0.25) is 9.36 Å². The number of ketones is 1. The van der Waals surface area contributed by atoms with Crippen LogP contribution >= 0.6 is 7.60 Å². The Hall–Kier alpha value is -1.23. The van der Waals surface area contributed by atoms with Crippen molar-refractivity contribution in [3.63, 3.8) is 0 Å². The predicted molar refractivity (Wildman–Crippen MR) is 73.0 cm³/mol. The SMILES string of the molecule is CCOP(=O)(CC(=O)c1cc(F)ccc1OC)OCC. The van der Waals surface area contributed by atoms with Gasteiger partial charge in [-0.2, -0.15) is 0 Å². The Morgan fingerprint density at radius 2 is 1.85 bits per heavy atom. The van der Waals surface area contributed by atoms with Gasteiger partial charge in [0.25, 0.3) is 0 Å². The maximum absolute atomic E-state index is 13.2. The molecular weight excluding hydrogens is 286 g/mol. The number of carbonyl (C=O) groups excluding carboxylic acids is 1. The van der Waals surface area contributed by atoms with Crippen LogP contribution in [0.2, 0.25) is 0 Å². The standard InChI is InChI=1S/C13H18FO5P/c1-4-18-20(16,19-5-2)9-12(15)11-8-10(14)6-7-13(11)17-3/h6-8H,4-5,9H2,1-3H3. The van der Waals surface area contributed by atoms with E-state index in [0.29, 0.717) is 0 Å². The summed E-state index contributed by atoms with van der Waals surface area (Å²) in [6.45, 7) is 3.62. The Labute approximate surface area is 117 Å². The third-order valence-corrected chi connectivity index (χ3v) is 4.43. The summed E-state index contributed by atoms with van der Waals surface area (Å²) in [4.78, 5) is 12.2. The van der Waals surface area contributed by atoms with Crippen molar-refractivity contribution in [2.45, 2.75) is 13.8 Å². The number of benzene rings is 1. The average molecular weight is 304 g/mol. The molecule has 112 valence electrons. The second-order valence-electron chi connectivity index (χ2n) is 3.87. The van der Waals surface area contributed by atoms with Gasteiger partial charge < -0.3 is 13.8 Å². The average Bonchev–Trinajstić information content (AvgIpc) is 2.38. The molecule has 1 aromatic carbocycles. The van der Waals surface area contributed by atoms with Gasteiger partial charge in [0.1, 0.15) is 17.7 Å². The van der Waals surface area contributed by atoms with E-state index in [9.17, 15) is 13.8 Å². The van der Waals surface area contributed by atoms with Crippen LogP contribution in [0.4, 0.5) is 4.39 Å². The molecule has 1 rings (SSSR count). The van der Waals surface area contributed by atoms with Crippen molar-refractivity contribution in [2.24, 2.45) is 0 Å². The number of halogens is 1. The minimum absolute atomic E-state index is 0.0205. The Balaban J connectivity index is 3.00. The molecule has 7 heteroatoms. The zero-order chi connectivity index (χ0) is 15.2. The highest BCUT2D eigenvalue weighted by molar-refractivity contribution is 7.54. The van der Waals surface area contributed by atoms with Crippen molar-refractivity contribution in [1.82, 2.24) is 0 Å². The molecule has 0 saturated heterocycles. The summed E-state index contributed by atoms with van der Waals surface area (Å²) < 4.78 is 40.6. The van der Waals surface area contributed by atoms with E-state index in [4.69, 9.17) is 13.8 Å². The number of hydrogen-bond donors (Lipinski definition) is 0. The van der Waals surface area contributed by atoms with E-state index in [1.54, 1.807) is 13.8 Å². The van der Waals surface area contributed by atoms with Crippen molar-refractivity contribution < 1.29 is 27.5 Å². The summed E-state index contributed by atoms with van der Waals surface area (Å²) in [6.07, 6.45) is -0.450. The molecule has 0 aliphatic carbocycles. The van der Waals surface area contributed by atoms with E-state index in [0.717, 1.165) is 6.07 Å². The van der Waals surface area contributed by atoms with Crippen LogP contribution in [-0.4, -0.2) is 32.3 Å². The monoisotopic (exact) mass is 304 g/mol. The number of methoxy groups -OCH3 is 1. The summed E-state index contributed by atoms with van der Waals surface area (Å²) >= 11 is 0. The van der Waals surface area contributed by atoms with Crippen molar-refractivity contribution >= 4 is 13.4 Å². The third kappa shape index (κ3) is 4.40. The summed E-state index contributed by atoms with van der Waals surface area (Å²) in [7, 11) is -2.14. The van der Waals surface area contributed by atoms with E-state index in [1.807, 2.05) is 0 Å². The topological polar surface area (TPSA) is 61.8 Å². The smallest absolute Gasteiger partial charge is 0.338 e. The zero-order valence-corrected chi connectivity index (χ0v) is 12.6. The van der Waals surface area contributed by atoms with Gasteiger partial charge in [0, 0.05) is 0 Å². The van der Waals surface area contributed by atoms with E-state index in [-0.39, 0.29) is 24.5 Å². The van der Waals surface area contributed by atoms with Crippen molar-refractivity contribution in [1.29, 1.82) is 0 Å². The van der Waals surface area contributed by atoms with Gasteiger partial charge >= 0.3 is 7.60 Å². The van der Waals surface area contributed by atoms with Crippen molar-refractivity contribution in [2.75, 3.05) is 26.5 Å². The molecule has 0 heterocycles. The lowest BCUT2D eigenvalue weighted by atomic mass is 10.1. The molecule has 0 fully saturated rings. The van der Waals surface area contributed by atoms with E-state index >= 15 is 0 Å². The first kappa shape index (κ1) is 16.8. The van der Waals surface area contributed by atoms with Gasteiger partial charge in [-0.15, -0.1) is 0 Å². The van der Waals surface area contributed by atoms with Crippen LogP contribution in [0, 0.1) is 5.82 Å². The van der Waals surface area contributed by atoms with Gasteiger partial charge in [-0.05, 0) is 32.0 Å². The highest BCUT2D eigenvalue weighted by Crippen LogP contribution is 2.48. The normalized spacial score (nSPS) is 11.4. The van der Waals surface area contributed by atoms with Gasteiger partial charge in [-0.25, -0.2) is 4.39 Å². The molecule has 0 atom stereocenters. The maximum atomic E-state index is 13.2. The van der Waals surface area contributed by atoms with Gasteiger partial charge in [0.15, 0.2) is 5.78 Å². The van der Waals surface area contributed by atoms with Gasteiger partial charge in [0.05, 0.1) is 25.9 Å². The van der Waals surface area contributed by atoms with Crippen molar-refractivity contribution in [3.8, 4) is 5.75 Å². The molecule has 20 heavy (non-hydrogen) atoms. The van der Waals surface area contributed by atoms with Crippen LogP contribution < -0.4 is 4.74 Å². The third-order valence-electron chi connectivity index (χ3n) is 2.45. The van der Waals surface area contributed by atoms with Gasteiger partial charge in [0.2, 0.25) is 0 Å². The van der Waals surface area contributed by atoms with E-state index in [2.05, 4.69) is 0 Å². The number of Topliss-reactive ketones (excluding diaryl/α,β-unsaturated/α-hetero) is 1. The largest absolute Gasteiger partial charge is 0.496 e. The highest BCUT2D eigenvalue weighted by Gasteiger charge is 2.29. The Morgan fingerprint density at radius 3 is 2.35 bits per heavy atom. The fourth-order valence-electron chi connectivity index (χ4n) is 1.68.